The van der Waals surface area contributed by atoms with Crippen molar-refractivity contribution in [3.8, 4) is 5.75 Å². The molecule has 0 saturated heterocycles. The molecule has 0 unspecified atom stereocenters. The Morgan fingerprint density at radius 1 is 1.00 bits per heavy atom. The van der Waals surface area contributed by atoms with Gasteiger partial charge in [0.2, 0.25) is 0 Å². The van der Waals surface area contributed by atoms with Crippen LogP contribution in [0.2, 0.25) is 5.02 Å². The van der Waals surface area contributed by atoms with Crippen molar-refractivity contribution in [2.75, 3.05) is 0 Å². The van der Waals surface area contributed by atoms with Gasteiger partial charge in [0.05, 0.1) is 23.5 Å². The van der Waals surface area contributed by atoms with Gasteiger partial charge in [-0.25, -0.2) is 4.98 Å². The normalized spacial score (nSPS) is 12.3. The molecule has 0 radical (unpaired) electrons. The molecule has 4 aromatic rings. The first-order chi connectivity index (χ1) is 15.0. The van der Waals surface area contributed by atoms with Gasteiger partial charge in [0, 0.05) is 5.02 Å². The first kappa shape index (κ1) is 21.0. The molecule has 8 heteroatoms. The zero-order valence-electron chi connectivity index (χ0n) is 16.2. The molecule has 2 N–H and O–H groups in total. The standard InChI is InChI=1S/C23H18ClF2N3O2/c24-16-8-11-18-19(12-16)28-20(29-22(18)30)13-27-21(14-4-2-1-3-5-14)15-6-9-17(10-7-15)31-23(25)26/h1-12,21,23,27H,13H2,(H,28,29,30)/t21-/m0/s1. The average molecular weight is 442 g/mol. The van der Waals surface area contributed by atoms with Crippen LogP contribution in [0.4, 0.5) is 8.78 Å². The van der Waals surface area contributed by atoms with Crippen LogP contribution in [0.1, 0.15) is 23.0 Å². The fourth-order valence-corrected chi connectivity index (χ4v) is 3.53. The van der Waals surface area contributed by atoms with E-state index in [4.69, 9.17) is 11.6 Å². The van der Waals surface area contributed by atoms with Gasteiger partial charge < -0.3 is 9.72 Å². The number of ether oxygens (including phenoxy) is 1. The van der Waals surface area contributed by atoms with Gasteiger partial charge in [-0.1, -0.05) is 54.1 Å². The third-order valence-electron chi connectivity index (χ3n) is 4.76. The molecule has 0 aliphatic carbocycles. The summed E-state index contributed by atoms with van der Waals surface area (Å²) in [6.07, 6.45) is 0. The Kier molecular flexibility index (Phi) is 6.25. The van der Waals surface area contributed by atoms with Crippen LogP contribution >= 0.6 is 11.6 Å². The molecule has 158 valence electrons. The molecule has 1 heterocycles. The van der Waals surface area contributed by atoms with Gasteiger partial charge in [0.25, 0.3) is 5.56 Å². The summed E-state index contributed by atoms with van der Waals surface area (Å²) < 4.78 is 29.3. The highest BCUT2D eigenvalue weighted by molar-refractivity contribution is 6.31. The van der Waals surface area contributed by atoms with Crippen molar-refractivity contribution >= 4 is 22.5 Å². The number of aromatic amines is 1. The Morgan fingerprint density at radius 2 is 1.71 bits per heavy atom. The molecule has 1 atom stereocenters. The van der Waals surface area contributed by atoms with Crippen LogP contribution in [0.15, 0.2) is 77.6 Å². The quantitative estimate of drug-likeness (QED) is 0.421. The lowest BCUT2D eigenvalue weighted by atomic mass is 9.98. The second-order valence-electron chi connectivity index (χ2n) is 6.85. The summed E-state index contributed by atoms with van der Waals surface area (Å²) in [6, 6.07) is 20.7. The Labute approximate surface area is 181 Å². The van der Waals surface area contributed by atoms with Gasteiger partial charge in [-0.05, 0) is 41.5 Å². The van der Waals surface area contributed by atoms with Gasteiger partial charge in [0.15, 0.2) is 0 Å². The first-order valence-corrected chi connectivity index (χ1v) is 9.89. The number of nitrogens with zero attached hydrogens (tertiary/aromatic N) is 1. The average Bonchev–Trinajstić information content (AvgIpc) is 2.75. The molecule has 0 amide bonds. The maximum Gasteiger partial charge on any atom is 0.387 e. The van der Waals surface area contributed by atoms with Crippen molar-refractivity contribution < 1.29 is 13.5 Å². The predicted octanol–water partition coefficient (Wildman–Crippen LogP) is 5.06. The fourth-order valence-electron chi connectivity index (χ4n) is 3.36. The minimum atomic E-state index is -2.88. The lowest BCUT2D eigenvalue weighted by molar-refractivity contribution is -0.0498. The highest BCUT2D eigenvalue weighted by Gasteiger charge is 2.15. The molecule has 1 aromatic heterocycles. The number of fused-ring (bicyclic) bond motifs is 1. The number of benzene rings is 3. The maximum absolute atomic E-state index is 12.4. The van der Waals surface area contributed by atoms with E-state index in [1.165, 1.54) is 12.1 Å². The number of halogens is 3. The molecular weight excluding hydrogens is 424 g/mol. The van der Waals surface area contributed by atoms with Crippen LogP contribution in [0.25, 0.3) is 10.9 Å². The lowest BCUT2D eigenvalue weighted by Crippen LogP contribution is -2.25. The second kappa shape index (κ2) is 9.24. The van der Waals surface area contributed by atoms with E-state index in [1.807, 2.05) is 30.3 Å². The van der Waals surface area contributed by atoms with Crippen molar-refractivity contribution in [1.29, 1.82) is 0 Å². The number of hydrogen-bond acceptors (Lipinski definition) is 4. The van der Waals surface area contributed by atoms with E-state index in [9.17, 15) is 13.6 Å². The van der Waals surface area contributed by atoms with Gasteiger partial charge in [0.1, 0.15) is 11.6 Å². The molecule has 0 aliphatic heterocycles. The van der Waals surface area contributed by atoms with Gasteiger partial charge >= 0.3 is 6.61 Å². The predicted molar refractivity (Wildman–Crippen MR) is 116 cm³/mol. The summed E-state index contributed by atoms with van der Waals surface area (Å²) in [4.78, 5) is 19.7. The largest absolute Gasteiger partial charge is 0.435 e. The van der Waals surface area contributed by atoms with Crippen molar-refractivity contribution in [1.82, 2.24) is 15.3 Å². The summed E-state index contributed by atoms with van der Waals surface area (Å²) >= 11 is 6.03. The monoisotopic (exact) mass is 441 g/mol. The van der Waals surface area contributed by atoms with E-state index >= 15 is 0 Å². The second-order valence-corrected chi connectivity index (χ2v) is 7.28. The summed E-state index contributed by atoms with van der Waals surface area (Å²) in [6.45, 7) is -2.61. The molecule has 4 rings (SSSR count). The smallest absolute Gasteiger partial charge is 0.387 e. The number of nitrogens with one attached hydrogen (secondary N) is 2. The Bertz CT molecular complexity index is 1230. The lowest BCUT2D eigenvalue weighted by Gasteiger charge is -2.20. The summed E-state index contributed by atoms with van der Waals surface area (Å²) in [7, 11) is 0. The third kappa shape index (κ3) is 5.07. The summed E-state index contributed by atoms with van der Waals surface area (Å²) in [5, 5.41) is 4.34. The Morgan fingerprint density at radius 3 is 2.42 bits per heavy atom. The number of alkyl halides is 2. The Balaban J connectivity index is 1.61. The molecule has 3 aromatic carbocycles. The van der Waals surface area contributed by atoms with Crippen LogP contribution in [0.5, 0.6) is 5.75 Å². The fraction of sp³-hybridized carbons (Fsp3) is 0.130. The highest BCUT2D eigenvalue weighted by atomic mass is 35.5. The van der Waals surface area contributed by atoms with Gasteiger partial charge in [-0.15, -0.1) is 0 Å². The van der Waals surface area contributed by atoms with E-state index in [1.54, 1.807) is 30.3 Å². The minimum absolute atomic E-state index is 0.0861. The van der Waals surface area contributed by atoms with Crippen LogP contribution in [0.3, 0.4) is 0 Å². The van der Waals surface area contributed by atoms with E-state index in [0.717, 1.165) is 11.1 Å². The van der Waals surface area contributed by atoms with E-state index in [2.05, 4.69) is 20.0 Å². The molecule has 0 fully saturated rings. The van der Waals surface area contributed by atoms with Crippen molar-refractivity contribution in [2.45, 2.75) is 19.2 Å². The van der Waals surface area contributed by atoms with Crippen molar-refractivity contribution in [3.63, 3.8) is 0 Å². The maximum atomic E-state index is 12.4. The number of H-pyrrole nitrogens is 1. The molecule has 5 nitrogen and oxygen atoms in total. The van der Waals surface area contributed by atoms with Crippen molar-refractivity contribution in [3.05, 3.63) is 105 Å². The van der Waals surface area contributed by atoms with E-state index < -0.39 is 6.61 Å². The molecule has 31 heavy (non-hydrogen) atoms. The van der Waals surface area contributed by atoms with Crippen LogP contribution in [-0.2, 0) is 6.54 Å². The molecule has 0 bridgehead atoms. The third-order valence-corrected chi connectivity index (χ3v) is 5.00. The van der Waals surface area contributed by atoms with Crippen LogP contribution in [-0.4, -0.2) is 16.6 Å². The van der Waals surface area contributed by atoms with Crippen LogP contribution in [0, 0.1) is 0 Å². The number of rotatable bonds is 7. The van der Waals surface area contributed by atoms with E-state index in [0.29, 0.717) is 21.7 Å². The zero-order valence-corrected chi connectivity index (χ0v) is 16.9. The number of hydrogen-bond donors (Lipinski definition) is 2. The topological polar surface area (TPSA) is 67.0 Å². The number of aromatic nitrogens is 2. The highest BCUT2D eigenvalue weighted by Crippen LogP contribution is 2.25. The Hall–Kier alpha value is -3.29. The molecular formula is C23H18ClF2N3O2. The molecule has 0 saturated carbocycles. The van der Waals surface area contributed by atoms with Crippen molar-refractivity contribution in [2.24, 2.45) is 0 Å². The molecule has 0 spiro atoms. The van der Waals surface area contributed by atoms with Gasteiger partial charge in [-0.3, -0.25) is 10.1 Å². The van der Waals surface area contributed by atoms with Gasteiger partial charge in [-0.2, -0.15) is 8.78 Å². The molecule has 0 aliphatic rings. The van der Waals surface area contributed by atoms with E-state index in [-0.39, 0.29) is 23.9 Å². The SMILES string of the molecule is O=c1[nH]c(CN[C@@H](c2ccccc2)c2ccc(OC(F)F)cc2)nc2cc(Cl)ccc12. The minimum Gasteiger partial charge on any atom is -0.435 e. The summed E-state index contributed by atoms with van der Waals surface area (Å²) in [5.41, 5.74) is 2.08. The first-order valence-electron chi connectivity index (χ1n) is 9.51. The zero-order chi connectivity index (χ0) is 21.8. The van der Waals surface area contributed by atoms with Crippen LogP contribution < -0.4 is 15.6 Å². The summed E-state index contributed by atoms with van der Waals surface area (Å²) in [5.74, 6) is 0.543.